The summed E-state index contributed by atoms with van der Waals surface area (Å²) in [6, 6.07) is 6.46. The molecule has 0 aromatic heterocycles. The zero-order chi connectivity index (χ0) is 15.2. The van der Waals surface area contributed by atoms with Crippen LogP contribution in [0.1, 0.15) is 17.5 Å². The van der Waals surface area contributed by atoms with Crippen LogP contribution in [0, 0.1) is 12.8 Å². The molecule has 5 nitrogen and oxygen atoms in total. The number of nitrogens with one attached hydrogen (secondary N) is 1. The molecule has 1 heterocycles. The van der Waals surface area contributed by atoms with Crippen LogP contribution in [-0.2, 0) is 16.1 Å². The van der Waals surface area contributed by atoms with Crippen molar-refractivity contribution in [1.82, 2.24) is 5.32 Å². The maximum atomic E-state index is 11.3. The van der Waals surface area contributed by atoms with Gasteiger partial charge in [0.25, 0.3) is 0 Å². The molecule has 0 radical (unpaired) electrons. The van der Waals surface area contributed by atoms with Crippen molar-refractivity contribution in [1.29, 1.82) is 0 Å². The second kappa shape index (κ2) is 7.43. The third-order valence-corrected chi connectivity index (χ3v) is 3.96. The van der Waals surface area contributed by atoms with E-state index >= 15 is 0 Å². The second-order valence-electron chi connectivity index (χ2n) is 5.64. The van der Waals surface area contributed by atoms with Crippen LogP contribution in [0.4, 0.5) is 5.69 Å². The van der Waals surface area contributed by atoms with Crippen molar-refractivity contribution in [3.8, 4) is 0 Å². The van der Waals surface area contributed by atoms with E-state index in [1.165, 1.54) is 16.8 Å². The predicted molar refractivity (Wildman–Crippen MR) is 84.3 cm³/mol. The van der Waals surface area contributed by atoms with Crippen molar-refractivity contribution in [3.05, 3.63) is 29.3 Å². The van der Waals surface area contributed by atoms with Crippen LogP contribution >= 0.6 is 0 Å². The quantitative estimate of drug-likeness (QED) is 0.737. The maximum Gasteiger partial charge on any atom is 0.222 e. The van der Waals surface area contributed by atoms with E-state index in [-0.39, 0.29) is 11.8 Å². The van der Waals surface area contributed by atoms with E-state index in [2.05, 4.69) is 35.3 Å². The Kier molecular flexibility index (Phi) is 5.59. The van der Waals surface area contributed by atoms with E-state index in [1.54, 1.807) is 7.11 Å². The number of ether oxygens (including phenoxy) is 1. The van der Waals surface area contributed by atoms with Crippen LogP contribution < -0.4 is 16.0 Å². The highest BCUT2D eigenvalue weighted by Crippen LogP contribution is 2.28. The number of nitrogens with two attached hydrogens (primary N) is 1. The summed E-state index contributed by atoms with van der Waals surface area (Å²) >= 11 is 0. The molecule has 0 bridgehead atoms. The first-order chi connectivity index (χ1) is 10.1. The summed E-state index contributed by atoms with van der Waals surface area (Å²) in [7, 11) is 1.70. The largest absolute Gasteiger partial charge is 0.383 e. The molecule has 1 aliphatic rings. The number of benzene rings is 1. The Morgan fingerprint density at radius 3 is 3.00 bits per heavy atom. The molecule has 1 aromatic carbocycles. The number of methoxy groups -OCH3 is 1. The molecule has 1 aromatic rings. The molecule has 1 aliphatic heterocycles. The average molecular weight is 291 g/mol. The van der Waals surface area contributed by atoms with Gasteiger partial charge in [0.05, 0.1) is 12.5 Å². The second-order valence-corrected chi connectivity index (χ2v) is 5.64. The summed E-state index contributed by atoms with van der Waals surface area (Å²) in [5.41, 5.74) is 9.13. The van der Waals surface area contributed by atoms with Gasteiger partial charge in [-0.25, -0.2) is 0 Å². The van der Waals surface area contributed by atoms with E-state index in [0.717, 1.165) is 32.6 Å². The first-order valence-electron chi connectivity index (χ1n) is 7.45. The Hall–Kier alpha value is -1.59. The lowest BCUT2D eigenvalue weighted by molar-refractivity contribution is -0.121. The minimum atomic E-state index is -0.190. The number of rotatable bonds is 7. The van der Waals surface area contributed by atoms with Crippen molar-refractivity contribution in [2.45, 2.75) is 19.9 Å². The predicted octanol–water partition coefficient (Wildman–Crippen LogP) is 1.04. The Bertz CT molecular complexity index is 490. The smallest absolute Gasteiger partial charge is 0.222 e. The summed E-state index contributed by atoms with van der Waals surface area (Å²) in [4.78, 5) is 13.6. The summed E-state index contributed by atoms with van der Waals surface area (Å²) < 4.78 is 5.05. The first kappa shape index (κ1) is 15.8. The molecule has 116 valence electrons. The summed E-state index contributed by atoms with van der Waals surface area (Å²) in [6.07, 6.45) is 0.847. The van der Waals surface area contributed by atoms with Crippen LogP contribution in [-0.4, -0.2) is 39.3 Å². The van der Waals surface area contributed by atoms with Gasteiger partial charge in [-0.05, 0) is 25.0 Å². The van der Waals surface area contributed by atoms with Gasteiger partial charge in [-0.15, -0.1) is 0 Å². The lowest BCUT2D eigenvalue weighted by atomic mass is 10.1. The monoisotopic (exact) mass is 291 g/mol. The van der Waals surface area contributed by atoms with Crippen molar-refractivity contribution in [2.24, 2.45) is 11.7 Å². The van der Waals surface area contributed by atoms with Crippen LogP contribution in [0.2, 0.25) is 0 Å². The molecule has 0 aliphatic carbocycles. The number of aryl methyl sites for hydroxylation is 1. The number of hydrogen-bond acceptors (Lipinski definition) is 4. The molecule has 0 spiro atoms. The lowest BCUT2D eigenvalue weighted by Gasteiger charge is -2.22. The van der Waals surface area contributed by atoms with Gasteiger partial charge in [0.2, 0.25) is 5.91 Å². The van der Waals surface area contributed by atoms with Gasteiger partial charge in [0, 0.05) is 39.0 Å². The minimum Gasteiger partial charge on any atom is -0.383 e. The molecular weight excluding hydrogens is 266 g/mol. The number of hydrogen-bond donors (Lipinski definition) is 2. The Balaban J connectivity index is 2.06. The van der Waals surface area contributed by atoms with E-state index < -0.39 is 0 Å². The van der Waals surface area contributed by atoms with E-state index in [4.69, 9.17) is 10.5 Å². The van der Waals surface area contributed by atoms with Gasteiger partial charge in [0.15, 0.2) is 0 Å². The zero-order valence-corrected chi connectivity index (χ0v) is 12.9. The molecular formula is C16H25N3O2. The Labute approximate surface area is 126 Å². The molecule has 21 heavy (non-hydrogen) atoms. The van der Waals surface area contributed by atoms with Gasteiger partial charge < -0.3 is 20.7 Å². The van der Waals surface area contributed by atoms with Gasteiger partial charge in [-0.1, -0.05) is 17.7 Å². The van der Waals surface area contributed by atoms with Crippen LogP contribution in [0.5, 0.6) is 0 Å². The number of carbonyl (C=O) groups excluding carboxylic acids is 1. The SMILES string of the molecule is COCCNCc1cc(C)ccc1N1CCC(C(N)=O)C1. The average Bonchev–Trinajstić information content (AvgIpc) is 2.93. The molecule has 0 saturated carbocycles. The molecule has 1 unspecified atom stereocenters. The fraction of sp³-hybridized carbons (Fsp3) is 0.562. The molecule has 1 saturated heterocycles. The topological polar surface area (TPSA) is 67.6 Å². The number of anilines is 1. The van der Waals surface area contributed by atoms with Gasteiger partial charge in [-0.2, -0.15) is 0 Å². The molecule has 5 heteroatoms. The zero-order valence-electron chi connectivity index (χ0n) is 12.9. The fourth-order valence-corrected chi connectivity index (χ4v) is 2.77. The van der Waals surface area contributed by atoms with E-state index in [0.29, 0.717) is 6.61 Å². The molecule has 3 N–H and O–H groups in total. The normalized spacial score (nSPS) is 18.2. The highest BCUT2D eigenvalue weighted by atomic mass is 16.5. The number of carbonyl (C=O) groups is 1. The lowest BCUT2D eigenvalue weighted by Crippen LogP contribution is -2.28. The summed E-state index contributed by atoms with van der Waals surface area (Å²) in [5.74, 6) is -0.218. The summed E-state index contributed by atoms with van der Waals surface area (Å²) in [5, 5.41) is 3.38. The van der Waals surface area contributed by atoms with Crippen molar-refractivity contribution >= 4 is 11.6 Å². The van der Waals surface area contributed by atoms with Crippen molar-refractivity contribution in [3.63, 3.8) is 0 Å². The Morgan fingerprint density at radius 1 is 1.52 bits per heavy atom. The van der Waals surface area contributed by atoms with Gasteiger partial charge in [-0.3, -0.25) is 4.79 Å². The fourth-order valence-electron chi connectivity index (χ4n) is 2.77. The molecule has 1 amide bonds. The van der Waals surface area contributed by atoms with E-state index in [9.17, 15) is 4.79 Å². The number of nitrogens with zero attached hydrogens (tertiary/aromatic N) is 1. The van der Waals surface area contributed by atoms with Crippen molar-refractivity contribution < 1.29 is 9.53 Å². The standard InChI is InChI=1S/C16H25N3O2/c1-12-3-4-15(14(9-12)10-18-6-8-21-2)19-7-5-13(11-19)16(17)20/h3-4,9,13,18H,5-8,10-11H2,1-2H3,(H2,17,20). The minimum absolute atomic E-state index is 0.0272. The van der Waals surface area contributed by atoms with Crippen LogP contribution in [0.15, 0.2) is 18.2 Å². The number of amides is 1. The van der Waals surface area contributed by atoms with Crippen LogP contribution in [0.3, 0.4) is 0 Å². The summed E-state index contributed by atoms with van der Waals surface area (Å²) in [6.45, 7) is 6.05. The van der Waals surface area contributed by atoms with Crippen molar-refractivity contribution in [2.75, 3.05) is 38.3 Å². The van der Waals surface area contributed by atoms with Gasteiger partial charge in [0.1, 0.15) is 0 Å². The third-order valence-electron chi connectivity index (χ3n) is 3.96. The van der Waals surface area contributed by atoms with Gasteiger partial charge >= 0.3 is 0 Å². The maximum absolute atomic E-state index is 11.3. The first-order valence-corrected chi connectivity index (χ1v) is 7.45. The van der Waals surface area contributed by atoms with E-state index in [1.807, 2.05) is 0 Å². The highest BCUT2D eigenvalue weighted by Gasteiger charge is 2.27. The molecule has 1 atom stereocenters. The number of primary amides is 1. The highest BCUT2D eigenvalue weighted by molar-refractivity contribution is 5.78. The third kappa shape index (κ3) is 4.19. The Morgan fingerprint density at radius 2 is 2.33 bits per heavy atom. The molecule has 1 fully saturated rings. The molecule has 2 rings (SSSR count). The van der Waals surface area contributed by atoms with Crippen LogP contribution in [0.25, 0.3) is 0 Å².